The molecule has 4 rings (SSSR count). The molecule has 2 aliphatic heterocycles. The maximum absolute atomic E-state index is 15.5. The van der Waals surface area contributed by atoms with Crippen molar-refractivity contribution in [2.24, 2.45) is 11.1 Å². The Morgan fingerprint density at radius 3 is 2.67 bits per heavy atom. The number of nitrogens with one attached hydrogen (secondary N) is 1. The number of hydrogen-bond donors (Lipinski definition) is 4. The highest BCUT2D eigenvalue weighted by Crippen LogP contribution is 2.57. The van der Waals surface area contributed by atoms with Gasteiger partial charge in [0.05, 0.1) is 29.3 Å². The molecule has 0 bridgehead atoms. The van der Waals surface area contributed by atoms with Crippen LogP contribution in [0.25, 0.3) is 0 Å². The van der Waals surface area contributed by atoms with Crippen LogP contribution in [0.4, 0.5) is 8.78 Å². The first-order valence-electron chi connectivity index (χ1n) is 11.9. The Kier molecular flexibility index (Phi) is 7.68. The predicted octanol–water partition coefficient (Wildman–Crippen LogP) is 3.55. The number of benzene rings is 2. The van der Waals surface area contributed by atoms with E-state index >= 15 is 8.78 Å². The largest absolute Gasteiger partial charge is 0.394 e. The molecule has 0 aromatic heterocycles. The standard InChI is InChI=1S/C26H31Cl2F2N3O3/c1-25(2)11-20-26(31,17-7-6-14(27)10-19(17)29)21(16-4-3-5-18(28)22(16)30)23(33(20)13-25)24(36)32-9-8-15(35)12-34/h3-7,10,15,20-21,23,34-35H,8-9,11-13,31H2,1-2H3,(H,32,36)/t15-,20-,21-,23+,26+/m0/s1. The lowest BCUT2D eigenvalue weighted by Gasteiger charge is -2.38. The first-order valence-corrected chi connectivity index (χ1v) is 12.7. The number of rotatable bonds is 7. The van der Waals surface area contributed by atoms with E-state index in [0.717, 1.165) is 0 Å². The smallest absolute Gasteiger partial charge is 0.238 e. The van der Waals surface area contributed by atoms with Crippen molar-refractivity contribution in [3.63, 3.8) is 0 Å². The van der Waals surface area contributed by atoms with Crippen LogP contribution in [-0.2, 0) is 10.3 Å². The number of carbonyl (C=O) groups is 1. The molecule has 36 heavy (non-hydrogen) atoms. The molecule has 10 heteroatoms. The molecule has 2 saturated heterocycles. The highest BCUT2D eigenvalue weighted by Gasteiger charge is 2.65. The normalized spacial score (nSPS) is 28.2. The molecule has 5 N–H and O–H groups in total. The van der Waals surface area contributed by atoms with E-state index in [0.29, 0.717) is 13.0 Å². The van der Waals surface area contributed by atoms with Gasteiger partial charge in [0, 0.05) is 35.6 Å². The summed E-state index contributed by atoms with van der Waals surface area (Å²) in [7, 11) is 0. The molecule has 0 unspecified atom stereocenters. The first kappa shape index (κ1) is 27.2. The van der Waals surface area contributed by atoms with Crippen molar-refractivity contribution in [3.05, 3.63) is 69.2 Å². The van der Waals surface area contributed by atoms with Crippen LogP contribution in [-0.4, -0.2) is 58.9 Å². The third kappa shape index (κ3) is 4.75. The Balaban J connectivity index is 1.88. The average Bonchev–Trinajstić information content (AvgIpc) is 3.24. The van der Waals surface area contributed by atoms with Crippen molar-refractivity contribution in [2.75, 3.05) is 19.7 Å². The van der Waals surface area contributed by atoms with Crippen LogP contribution in [0, 0.1) is 17.0 Å². The zero-order valence-electron chi connectivity index (χ0n) is 20.1. The Morgan fingerprint density at radius 1 is 1.28 bits per heavy atom. The minimum Gasteiger partial charge on any atom is -0.394 e. The zero-order valence-corrected chi connectivity index (χ0v) is 21.7. The molecule has 0 aliphatic carbocycles. The lowest BCUT2D eigenvalue weighted by atomic mass is 9.68. The predicted molar refractivity (Wildman–Crippen MR) is 135 cm³/mol. The number of aliphatic hydroxyl groups is 2. The second kappa shape index (κ2) is 10.2. The van der Waals surface area contributed by atoms with Crippen LogP contribution in [0.3, 0.4) is 0 Å². The Hall–Kier alpha value is -1.81. The molecule has 0 spiro atoms. The maximum Gasteiger partial charge on any atom is 0.238 e. The van der Waals surface area contributed by atoms with Crippen molar-refractivity contribution >= 4 is 29.1 Å². The molecule has 2 heterocycles. The molecule has 0 radical (unpaired) electrons. The molecule has 6 nitrogen and oxygen atoms in total. The monoisotopic (exact) mass is 541 g/mol. The summed E-state index contributed by atoms with van der Waals surface area (Å²) in [4.78, 5) is 15.6. The van der Waals surface area contributed by atoms with Gasteiger partial charge in [-0.25, -0.2) is 8.78 Å². The molecule has 2 aliphatic rings. The van der Waals surface area contributed by atoms with Gasteiger partial charge in [0.15, 0.2) is 0 Å². The number of hydrogen-bond acceptors (Lipinski definition) is 5. The van der Waals surface area contributed by atoms with E-state index < -0.39 is 53.8 Å². The fraction of sp³-hybridized carbons (Fsp3) is 0.500. The number of aliphatic hydroxyl groups excluding tert-OH is 2. The van der Waals surface area contributed by atoms with Crippen molar-refractivity contribution in [2.45, 2.75) is 56.3 Å². The van der Waals surface area contributed by atoms with E-state index in [2.05, 4.69) is 5.32 Å². The Bertz CT molecular complexity index is 1150. The molecule has 196 valence electrons. The maximum atomic E-state index is 15.5. The molecular formula is C26H31Cl2F2N3O3. The topological polar surface area (TPSA) is 98.8 Å². The molecule has 5 atom stereocenters. The van der Waals surface area contributed by atoms with Gasteiger partial charge in [0.1, 0.15) is 11.6 Å². The number of carbonyl (C=O) groups excluding carboxylic acids is 1. The number of nitrogens with two attached hydrogens (primary N) is 1. The van der Waals surface area contributed by atoms with Gasteiger partial charge in [-0.1, -0.05) is 55.2 Å². The molecule has 2 fully saturated rings. The molecule has 2 aromatic carbocycles. The quantitative estimate of drug-likeness (QED) is 0.429. The summed E-state index contributed by atoms with van der Waals surface area (Å²) in [6, 6.07) is 7.32. The van der Waals surface area contributed by atoms with Crippen molar-refractivity contribution in [1.29, 1.82) is 0 Å². The summed E-state index contributed by atoms with van der Waals surface area (Å²) < 4.78 is 31.0. The van der Waals surface area contributed by atoms with Crippen LogP contribution in [0.15, 0.2) is 36.4 Å². The van der Waals surface area contributed by atoms with Crippen molar-refractivity contribution in [3.8, 4) is 0 Å². The average molecular weight is 542 g/mol. The van der Waals surface area contributed by atoms with E-state index in [1.807, 2.05) is 18.7 Å². The highest BCUT2D eigenvalue weighted by atomic mass is 35.5. The van der Waals surface area contributed by atoms with Gasteiger partial charge in [0.2, 0.25) is 5.91 Å². The number of amides is 1. The van der Waals surface area contributed by atoms with Gasteiger partial charge in [-0.2, -0.15) is 0 Å². The van der Waals surface area contributed by atoms with Gasteiger partial charge >= 0.3 is 0 Å². The minimum atomic E-state index is -1.49. The Morgan fingerprint density at radius 2 is 2.00 bits per heavy atom. The van der Waals surface area contributed by atoms with Gasteiger partial charge in [-0.15, -0.1) is 0 Å². The molecule has 2 aromatic rings. The summed E-state index contributed by atoms with van der Waals surface area (Å²) in [5, 5.41) is 21.7. The highest BCUT2D eigenvalue weighted by molar-refractivity contribution is 6.31. The van der Waals surface area contributed by atoms with E-state index in [1.165, 1.54) is 30.3 Å². The van der Waals surface area contributed by atoms with Crippen LogP contribution in [0.2, 0.25) is 10.0 Å². The van der Waals surface area contributed by atoms with Crippen molar-refractivity contribution < 1.29 is 23.8 Å². The Labute approximate surface area is 219 Å². The summed E-state index contributed by atoms with van der Waals surface area (Å²) in [5.74, 6) is -2.74. The van der Waals surface area contributed by atoms with Gasteiger partial charge < -0.3 is 21.3 Å². The van der Waals surface area contributed by atoms with Gasteiger partial charge in [-0.3, -0.25) is 9.69 Å². The first-order chi connectivity index (χ1) is 16.9. The van der Waals surface area contributed by atoms with Crippen LogP contribution >= 0.6 is 23.2 Å². The number of fused-ring (bicyclic) bond motifs is 1. The lowest BCUT2D eigenvalue weighted by Crippen LogP contribution is -2.51. The van der Waals surface area contributed by atoms with E-state index in [9.17, 15) is 9.90 Å². The summed E-state index contributed by atoms with van der Waals surface area (Å²) >= 11 is 12.2. The fourth-order valence-electron chi connectivity index (χ4n) is 5.94. The van der Waals surface area contributed by atoms with Gasteiger partial charge in [-0.05, 0) is 42.0 Å². The minimum absolute atomic E-state index is 0.0938. The van der Waals surface area contributed by atoms with Crippen LogP contribution in [0.5, 0.6) is 0 Å². The van der Waals surface area contributed by atoms with E-state index in [4.69, 9.17) is 34.0 Å². The van der Waals surface area contributed by atoms with Crippen molar-refractivity contribution in [1.82, 2.24) is 10.2 Å². The van der Waals surface area contributed by atoms with Gasteiger partial charge in [0.25, 0.3) is 0 Å². The second-order valence-corrected chi connectivity index (χ2v) is 11.4. The molecule has 0 saturated carbocycles. The lowest BCUT2D eigenvalue weighted by molar-refractivity contribution is -0.126. The zero-order chi connectivity index (χ0) is 26.4. The molecule has 1 amide bonds. The number of halogens is 4. The summed E-state index contributed by atoms with van der Waals surface area (Å²) in [6.07, 6.45) is -0.290. The summed E-state index contributed by atoms with van der Waals surface area (Å²) in [6.45, 7) is 4.25. The molecular weight excluding hydrogens is 511 g/mol. The van der Waals surface area contributed by atoms with E-state index in [-0.39, 0.29) is 39.6 Å². The number of nitrogens with zero attached hydrogens (tertiary/aromatic N) is 1. The second-order valence-electron chi connectivity index (χ2n) is 10.6. The third-order valence-corrected chi connectivity index (χ3v) is 7.99. The third-order valence-electron chi connectivity index (χ3n) is 7.47. The van der Waals surface area contributed by atoms with Crippen LogP contribution in [0.1, 0.15) is 43.7 Å². The van der Waals surface area contributed by atoms with E-state index in [1.54, 1.807) is 6.07 Å². The van der Waals surface area contributed by atoms with Crippen LogP contribution < -0.4 is 11.1 Å². The SMILES string of the molecule is CC1(C)C[C@@H]2N(C1)[C@@H](C(=O)NCC[C@H](O)CO)[C@H](c1cccc(Cl)c1F)[C@@]2(N)c1ccc(Cl)cc1F. The fourth-order valence-corrected chi connectivity index (χ4v) is 6.28. The summed E-state index contributed by atoms with van der Waals surface area (Å²) in [5.41, 5.74) is 5.73.